The quantitative estimate of drug-likeness (QED) is 0.724. The fraction of sp³-hybridized carbons (Fsp3) is 0.333. The topological polar surface area (TPSA) is 84.2 Å². The predicted octanol–water partition coefficient (Wildman–Crippen LogP) is 3.03. The van der Waals surface area contributed by atoms with Crippen molar-refractivity contribution in [2.75, 3.05) is 5.73 Å². The number of amides is 2. The van der Waals surface area contributed by atoms with E-state index in [1.807, 2.05) is 48.5 Å². The Labute approximate surface area is 154 Å². The second-order valence-electron chi connectivity index (χ2n) is 6.84. The highest BCUT2D eigenvalue weighted by Gasteiger charge is 2.24. The van der Waals surface area contributed by atoms with Crippen molar-refractivity contribution in [3.63, 3.8) is 0 Å². The van der Waals surface area contributed by atoms with Crippen LogP contribution in [0.3, 0.4) is 0 Å². The van der Waals surface area contributed by atoms with Gasteiger partial charge in [0, 0.05) is 12.6 Å². The summed E-state index contributed by atoms with van der Waals surface area (Å²) in [6.45, 7) is 1.47. The zero-order valence-electron chi connectivity index (χ0n) is 15.0. The molecule has 2 aromatic carbocycles. The van der Waals surface area contributed by atoms with Gasteiger partial charge in [0.05, 0.1) is 18.5 Å². The fourth-order valence-electron chi connectivity index (χ4n) is 3.61. The number of nitrogens with two attached hydrogens (primary N) is 1. The summed E-state index contributed by atoms with van der Waals surface area (Å²) in [6, 6.07) is 15.1. The summed E-state index contributed by atoms with van der Waals surface area (Å²) in [5.41, 5.74) is 9.92. The third-order valence-electron chi connectivity index (χ3n) is 4.79. The summed E-state index contributed by atoms with van der Waals surface area (Å²) in [6.07, 6.45) is 3.14. The molecule has 0 saturated heterocycles. The Morgan fingerprint density at radius 3 is 2.69 bits per heavy atom. The number of anilines is 1. The molecule has 2 amide bonds. The predicted molar refractivity (Wildman–Crippen MR) is 102 cm³/mol. The summed E-state index contributed by atoms with van der Waals surface area (Å²) in [5.74, 6) is -0.215. The fourth-order valence-corrected chi connectivity index (χ4v) is 3.61. The van der Waals surface area contributed by atoms with Gasteiger partial charge in [-0.05, 0) is 48.1 Å². The lowest BCUT2D eigenvalue weighted by Gasteiger charge is -2.27. The molecule has 5 nitrogen and oxygen atoms in total. The van der Waals surface area contributed by atoms with E-state index in [1.54, 1.807) is 0 Å². The molecule has 0 aliphatic heterocycles. The van der Waals surface area contributed by atoms with Crippen LogP contribution in [0.5, 0.6) is 0 Å². The Hall–Kier alpha value is -2.82. The van der Waals surface area contributed by atoms with E-state index in [-0.39, 0.29) is 30.3 Å². The molecule has 5 heteroatoms. The lowest BCUT2D eigenvalue weighted by molar-refractivity contribution is -0.123. The van der Waals surface area contributed by atoms with Crippen molar-refractivity contribution in [2.24, 2.45) is 0 Å². The van der Waals surface area contributed by atoms with E-state index in [2.05, 4.69) is 10.6 Å². The molecule has 2 aromatic rings. The zero-order chi connectivity index (χ0) is 18.5. The third kappa shape index (κ3) is 4.42. The van der Waals surface area contributed by atoms with Crippen LogP contribution in [0.1, 0.15) is 55.0 Å². The molecule has 0 aromatic heterocycles. The van der Waals surface area contributed by atoms with Gasteiger partial charge >= 0.3 is 0 Å². The number of hydrogen-bond acceptors (Lipinski definition) is 3. The van der Waals surface area contributed by atoms with Gasteiger partial charge < -0.3 is 16.4 Å². The normalized spacial score (nSPS) is 17.0. The van der Waals surface area contributed by atoms with Crippen molar-refractivity contribution in [2.45, 2.75) is 44.7 Å². The molecule has 0 spiro atoms. The van der Waals surface area contributed by atoms with Crippen LogP contribution in [0, 0.1) is 0 Å². The highest BCUT2D eigenvalue weighted by atomic mass is 16.2. The molecule has 0 bridgehead atoms. The Morgan fingerprint density at radius 1 is 1.19 bits per heavy atom. The number of aryl methyl sites for hydroxylation is 1. The maximum atomic E-state index is 12.7. The summed E-state index contributed by atoms with van der Waals surface area (Å²) in [7, 11) is 0. The molecular formula is C21H25N3O2. The van der Waals surface area contributed by atoms with Gasteiger partial charge in [-0.25, -0.2) is 0 Å². The van der Waals surface area contributed by atoms with Crippen molar-refractivity contribution in [3.05, 3.63) is 65.2 Å². The number of carbonyl (C=O) groups excluding carboxylic acids is 2. The Kier molecular flexibility index (Phi) is 5.56. The van der Waals surface area contributed by atoms with Crippen LogP contribution in [-0.2, 0) is 16.0 Å². The van der Waals surface area contributed by atoms with Gasteiger partial charge in [0.15, 0.2) is 0 Å². The van der Waals surface area contributed by atoms with Crippen molar-refractivity contribution < 1.29 is 9.59 Å². The minimum absolute atomic E-state index is 0.000557. The molecule has 1 aliphatic rings. The van der Waals surface area contributed by atoms with E-state index in [0.29, 0.717) is 0 Å². The average Bonchev–Trinajstić information content (AvgIpc) is 2.61. The second kappa shape index (κ2) is 8.04. The van der Waals surface area contributed by atoms with Gasteiger partial charge in [0.1, 0.15) is 0 Å². The molecule has 136 valence electrons. The number of rotatable bonds is 5. The van der Waals surface area contributed by atoms with Gasteiger partial charge in [-0.2, -0.15) is 0 Å². The molecule has 26 heavy (non-hydrogen) atoms. The first-order valence-corrected chi connectivity index (χ1v) is 9.02. The number of carbonyl (C=O) groups is 2. The van der Waals surface area contributed by atoms with Crippen LogP contribution in [0.25, 0.3) is 0 Å². The number of nitrogen functional groups attached to an aromatic ring is 1. The monoisotopic (exact) mass is 351 g/mol. The Balaban J connectivity index is 1.71. The van der Waals surface area contributed by atoms with Crippen LogP contribution < -0.4 is 16.4 Å². The van der Waals surface area contributed by atoms with Crippen molar-refractivity contribution >= 4 is 17.5 Å². The molecule has 0 saturated carbocycles. The molecule has 0 radical (unpaired) electrons. The number of nitrogens with one attached hydrogen (secondary N) is 2. The van der Waals surface area contributed by atoms with Crippen molar-refractivity contribution in [1.82, 2.24) is 10.6 Å². The maximum absolute atomic E-state index is 12.7. The summed E-state index contributed by atoms with van der Waals surface area (Å²) < 4.78 is 0. The molecule has 3 rings (SSSR count). The standard InChI is InChI=1S/C21H25N3O2/c1-14(25)23-20(15-6-3-2-4-7-15)13-21(26)24-19-9-5-8-16-12-17(22)10-11-18(16)19/h2-4,6-7,10-12,19-20H,5,8-9,13,22H2,1H3,(H,23,25)(H,24,26). The minimum atomic E-state index is -0.330. The first-order chi connectivity index (χ1) is 12.5. The van der Waals surface area contributed by atoms with Crippen LogP contribution >= 0.6 is 0 Å². The molecule has 2 atom stereocenters. The molecular weight excluding hydrogens is 326 g/mol. The minimum Gasteiger partial charge on any atom is -0.399 e. The van der Waals surface area contributed by atoms with Crippen molar-refractivity contribution in [3.8, 4) is 0 Å². The zero-order valence-corrected chi connectivity index (χ0v) is 15.0. The average molecular weight is 351 g/mol. The van der Waals surface area contributed by atoms with E-state index in [4.69, 9.17) is 5.73 Å². The smallest absolute Gasteiger partial charge is 0.222 e. The van der Waals surface area contributed by atoms with Gasteiger partial charge in [-0.1, -0.05) is 36.4 Å². The SMILES string of the molecule is CC(=O)NC(CC(=O)NC1CCCc2cc(N)ccc21)c1ccccc1. The molecule has 0 heterocycles. The molecule has 1 aliphatic carbocycles. The van der Waals surface area contributed by atoms with E-state index in [1.165, 1.54) is 12.5 Å². The van der Waals surface area contributed by atoms with Gasteiger partial charge in [-0.3, -0.25) is 9.59 Å². The lowest BCUT2D eigenvalue weighted by Crippen LogP contribution is -2.35. The maximum Gasteiger partial charge on any atom is 0.222 e. The Bertz CT molecular complexity index is 789. The lowest BCUT2D eigenvalue weighted by atomic mass is 9.87. The molecule has 2 unspecified atom stereocenters. The highest BCUT2D eigenvalue weighted by Crippen LogP contribution is 2.31. The molecule has 4 N–H and O–H groups in total. The largest absolute Gasteiger partial charge is 0.399 e. The van der Waals surface area contributed by atoms with E-state index in [9.17, 15) is 9.59 Å². The number of hydrogen-bond donors (Lipinski definition) is 3. The van der Waals surface area contributed by atoms with Crippen LogP contribution in [0.15, 0.2) is 48.5 Å². The van der Waals surface area contributed by atoms with E-state index >= 15 is 0 Å². The number of benzene rings is 2. The Morgan fingerprint density at radius 2 is 1.96 bits per heavy atom. The summed E-state index contributed by atoms with van der Waals surface area (Å²) in [4.78, 5) is 24.2. The third-order valence-corrected chi connectivity index (χ3v) is 4.79. The van der Waals surface area contributed by atoms with Crippen LogP contribution in [-0.4, -0.2) is 11.8 Å². The van der Waals surface area contributed by atoms with Crippen LogP contribution in [0.2, 0.25) is 0 Å². The van der Waals surface area contributed by atoms with Gasteiger partial charge in [0.2, 0.25) is 11.8 Å². The second-order valence-corrected chi connectivity index (χ2v) is 6.84. The first-order valence-electron chi connectivity index (χ1n) is 9.02. The highest BCUT2D eigenvalue weighted by molar-refractivity contribution is 5.79. The summed E-state index contributed by atoms with van der Waals surface area (Å²) in [5, 5.41) is 6.01. The van der Waals surface area contributed by atoms with Gasteiger partial charge in [0.25, 0.3) is 0 Å². The summed E-state index contributed by atoms with van der Waals surface area (Å²) >= 11 is 0. The van der Waals surface area contributed by atoms with Crippen molar-refractivity contribution in [1.29, 1.82) is 0 Å². The molecule has 0 fully saturated rings. The van der Waals surface area contributed by atoms with Crippen LogP contribution in [0.4, 0.5) is 5.69 Å². The first kappa shape index (κ1) is 18.0. The van der Waals surface area contributed by atoms with E-state index in [0.717, 1.165) is 36.1 Å². The van der Waals surface area contributed by atoms with Gasteiger partial charge in [-0.15, -0.1) is 0 Å². The van der Waals surface area contributed by atoms with E-state index < -0.39 is 0 Å². The number of fused-ring (bicyclic) bond motifs is 1.